The summed E-state index contributed by atoms with van der Waals surface area (Å²) in [7, 11) is 0. The van der Waals surface area contributed by atoms with E-state index in [2.05, 4.69) is 20.3 Å². The first-order valence-corrected chi connectivity index (χ1v) is 11.1. The van der Waals surface area contributed by atoms with E-state index in [-0.39, 0.29) is 18.0 Å². The summed E-state index contributed by atoms with van der Waals surface area (Å²) in [6.07, 6.45) is 6.97. The number of nitrogens with two attached hydrogens (primary N) is 2. The summed E-state index contributed by atoms with van der Waals surface area (Å²) >= 11 is 0. The van der Waals surface area contributed by atoms with Gasteiger partial charge in [0.1, 0.15) is 23.7 Å². The molecule has 1 fully saturated rings. The lowest BCUT2D eigenvalue weighted by molar-refractivity contribution is 0.102. The van der Waals surface area contributed by atoms with Crippen molar-refractivity contribution < 1.29 is 4.79 Å². The van der Waals surface area contributed by atoms with E-state index in [1.54, 1.807) is 18.3 Å². The second-order valence-electron chi connectivity index (χ2n) is 8.57. The summed E-state index contributed by atoms with van der Waals surface area (Å²) in [4.78, 5) is 25.5. The van der Waals surface area contributed by atoms with E-state index in [1.807, 2.05) is 35.9 Å². The quantitative estimate of drug-likeness (QED) is 0.440. The molecule has 0 atom stereocenters. The third-order valence-electron chi connectivity index (χ3n) is 6.18. The third-order valence-corrected chi connectivity index (χ3v) is 6.18. The van der Waals surface area contributed by atoms with Crippen molar-refractivity contribution in [3.05, 3.63) is 60.0 Å². The number of carbonyl (C=O) groups excluding carboxylic acids is 1. The molecule has 5 N–H and O–H groups in total. The molecule has 1 amide bonds. The van der Waals surface area contributed by atoms with Crippen LogP contribution in [0.1, 0.15) is 47.6 Å². The molecule has 0 spiro atoms. The largest absolute Gasteiger partial charge is 0.383 e. The highest BCUT2D eigenvalue weighted by atomic mass is 16.1. The van der Waals surface area contributed by atoms with Crippen LogP contribution in [0.5, 0.6) is 0 Å². The lowest BCUT2D eigenvalue weighted by Crippen LogP contribution is -2.28. The van der Waals surface area contributed by atoms with E-state index in [9.17, 15) is 4.79 Å². The monoisotopic (exact) mass is 442 g/mol. The van der Waals surface area contributed by atoms with E-state index in [0.29, 0.717) is 22.9 Å². The summed E-state index contributed by atoms with van der Waals surface area (Å²) in [6.45, 7) is 1.95. The average molecular weight is 443 g/mol. The number of nitrogens with one attached hydrogen (secondary N) is 1. The number of hydrogen-bond acceptors (Lipinski definition) is 7. The van der Waals surface area contributed by atoms with Gasteiger partial charge in [-0.2, -0.15) is 5.10 Å². The first-order chi connectivity index (χ1) is 16.0. The lowest BCUT2D eigenvalue weighted by atomic mass is 9.92. The predicted molar refractivity (Wildman–Crippen MR) is 128 cm³/mol. The molecule has 0 aliphatic heterocycles. The summed E-state index contributed by atoms with van der Waals surface area (Å²) in [6, 6.07) is 11.5. The van der Waals surface area contributed by atoms with Crippen LogP contribution in [0.2, 0.25) is 0 Å². The van der Waals surface area contributed by atoms with Gasteiger partial charge in [0.05, 0.1) is 11.4 Å². The molecule has 4 aromatic rings. The number of fused-ring (bicyclic) bond motifs is 1. The number of benzene rings is 1. The van der Waals surface area contributed by atoms with E-state index in [0.717, 1.165) is 47.8 Å². The van der Waals surface area contributed by atoms with Crippen molar-refractivity contribution >= 4 is 28.6 Å². The minimum Gasteiger partial charge on any atom is -0.383 e. The van der Waals surface area contributed by atoms with Gasteiger partial charge in [0, 0.05) is 23.4 Å². The van der Waals surface area contributed by atoms with Crippen molar-refractivity contribution in [3.8, 4) is 11.3 Å². The van der Waals surface area contributed by atoms with Crippen LogP contribution in [0.25, 0.3) is 22.3 Å². The number of rotatable bonds is 4. The van der Waals surface area contributed by atoms with Gasteiger partial charge in [0.2, 0.25) is 0 Å². The van der Waals surface area contributed by atoms with E-state index >= 15 is 0 Å². The molecule has 3 aromatic heterocycles. The fraction of sp³-hybridized carbons (Fsp3) is 0.292. The predicted octanol–water partition coefficient (Wildman–Crippen LogP) is 3.47. The fourth-order valence-electron chi connectivity index (χ4n) is 4.37. The molecule has 33 heavy (non-hydrogen) atoms. The van der Waals surface area contributed by atoms with Crippen LogP contribution in [-0.2, 0) is 0 Å². The molecule has 0 unspecified atom stereocenters. The summed E-state index contributed by atoms with van der Waals surface area (Å²) < 4.78 is 1.97. The van der Waals surface area contributed by atoms with Crippen molar-refractivity contribution in [1.29, 1.82) is 0 Å². The van der Waals surface area contributed by atoms with Gasteiger partial charge in [0.15, 0.2) is 5.65 Å². The van der Waals surface area contributed by atoms with Crippen molar-refractivity contribution in [3.63, 3.8) is 0 Å². The number of anilines is 2. The molecule has 0 saturated heterocycles. The van der Waals surface area contributed by atoms with Gasteiger partial charge in [-0.15, -0.1) is 0 Å². The van der Waals surface area contributed by atoms with Crippen LogP contribution in [0.3, 0.4) is 0 Å². The highest BCUT2D eigenvalue weighted by molar-refractivity contribution is 6.04. The van der Waals surface area contributed by atoms with Gasteiger partial charge in [-0.3, -0.25) is 4.79 Å². The van der Waals surface area contributed by atoms with Crippen molar-refractivity contribution in [1.82, 2.24) is 24.7 Å². The molecule has 9 heteroatoms. The molecular weight excluding hydrogens is 416 g/mol. The van der Waals surface area contributed by atoms with Crippen LogP contribution in [0.15, 0.2) is 48.9 Å². The smallest absolute Gasteiger partial charge is 0.256 e. The van der Waals surface area contributed by atoms with Crippen LogP contribution in [0.4, 0.5) is 11.6 Å². The molecule has 1 saturated carbocycles. The molecule has 1 aromatic carbocycles. The highest BCUT2D eigenvalue weighted by Gasteiger charge is 2.25. The SMILES string of the molecule is Cc1ccnc(NC(=O)c2ccc(-c3nn([C@H]4CC[C@H](N)CC4)c4ncnc(N)c34)cc2)c1. The van der Waals surface area contributed by atoms with Crippen molar-refractivity contribution in [2.24, 2.45) is 5.73 Å². The van der Waals surface area contributed by atoms with E-state index in [4.69, 9.17) is 16.6 Å². The van der Waals surface area contributed by atoms with Crippen LogP contribution >= 0.6 is 0 Å². The van der Waals surface area contributed by atoms with Crippen LogP contribution in [0, 0.1) is 6.92 Å². The summed E-state index contributed by atoms with van der Waals surface area (Å²) in [5.74, 6) is 0.684. The molecule has 0 bridgehead atoms. The maximum absolute atomic E-state index is 12.7. The molecule has 3 heterocycles. The number of nitrogens with zero attached hydrogens (tertiary/aromatic N) is 5. The zero-order valence-corrected chi connectivity index (χ0v) is 18.4. The van der Waals surface area contributed by atoms with Crippen molar-refractivity contribution in [2.45, 2.75) is 44.7 Å². The number of aromatic nitrogens is 5. The number of amides is 1. The van der Waals surface area contributed by atoms with Crippen LogP contribution < -0.4 is 16.8 Å². The molecule has 0 radical (unpaired) electrons. The zero-order valence-electron chi connectivity index (χ0n) is 18.4. The summed E-state index contributed by atoms with van der Waals surface area (Å²) in [5.41, 5.74) is 16.2. The Hall–Kier alpha value is -3.85. The van der Waals surface area contributed by atoms with Crippen molar-refractivity contribution in [2.75, 3.05) is 11.1 Å². The maximum atomic E-state index is 12.7. The Morgan fingerprint density at radius 1 is 1.06 bits per heavy atom. The maximum Gasteiger partial charge on any atom is 0.256 e. The number of pyridine rings is 1. The normalized spacial score (nSPS) is 18.4. The average Bonchev–Trinajstić information content (AvgIpc) is 3.21. The third kappa shape index (κ3) is 4.14. The molecule has 9 nitrogen and oxygen atoms in total. The topological polar surface area (TPSA) is 138 Å². The number of aryl methyl sites for hydroxylation is 1. The Bertz CT molecular complexity index is 1310. The van der Waals surface area contributed by atoms with Gasteiger partial charge >= 0.3 is 0 Å². The lowest BCUT2D eigenvalue weighted by Gasteiger charge is -2.26. The second-order valence-corrected chi connectivity index (χ2v) is 8.57. The van der Waals surface area contributed by atoms with Gasteiger partial charge in [-0.1, -0.05) is 12.1 Å². The second kappa shape index (κ2) is 8.59. The highest BCUT2D eigenvalue weighted by Crippen LogP contribution is 2.35. The Morgan fingerprint density at radius 2 is 1.82 bits per heavy atom. The van der Waals surface area contributed by atoms with Gasteiger partial charge in [-0.05, 0) is 62.4 Å². The summed E-state index contributed by atoms with van der Waals surface area (Å²) in [5, 5.41) is 8.46. The number of carbonyl (C=O) groups is 1. The first kappa shape index (κ1) is 21.0. The molecule has 1 aliphatic rings. The standard InChI is InChI=1S/C24H26N8O/c1-14-10-11-27-19(12-14)30-24(33)16-4-2-15(3-5-16)21-20-22(26)28-13-29-23(20)32(31-21)18-8-6-17(25)7-9-18/h2-5,10-13,17-18H,6-9,25H2,1H3,(H2,26,28,29)(H,27,30,33)/t17-,18-. The van der Waals surface area contributed by atoms with Crippen LogP contribution in [-0.4, -0.2) is 36.7 Å². The molecule has 5 rings (SSSR count). The van der Waals surface area contributed by atoms with Gasteiger partial charge < -0.3 is 16.8 Å². The van der Waals surface area contributed by atoms with E-state index in [1.165, 1.54) is 6.33 Å². The zero-order chi connectivity index (χ0) is 22.9. The first-order valence-electron chi connectivity index (χ1n) is 11.1. The molecule has 1 aliphatic carbocycles. The molecule has 168 valence electrons. The number of hydrogen-bond donors (Lipinski definition) is 3. The minimum absolute atomic E-state index is 0.224. The Morgan fingerprint density at radius 3 is 2.55 bits per heavy atom. The Kier molecular flexibility index (Phi) is 5.47. The van der Waals surface area contributed by atoms with Gasteiger partial charge in [-0.25, -0.2) is 19.6 Å². The molecular formula is C24H26N8O. The Balaban J connectivity index is 1.46. The minimum atomic E-state index is -0.226. The van der Waals surface area contributed by atoms with E-state index < -0.39 is 0 Å². The fourth-order valence-corrected chi connectivity index (χ4v) is 4.37. The van der Waals surface area contributed by atoms with Gasteiger partial charge in [0.25, 0.3) is 5.91 Å². The Labute approximate surface area is 191 Å². The number of nitrogen functional groups attached to an aromatic ring is 1.